The molecule has 2 heterocycles. The van der Waals surface area contributed by atoms with Gasteiger partial charge in [0.05, 0.1) is 19.3 Å². The van der Waals surface area contributed by atoms with E-state index in [9.17, 15) is 9.90 Å². The zero-order valence-corrected chi connectivity index (χ0v) is 12.8. The number of aliphatic hydroxyl groups is 1. The van der Waals surface area contributed by atoms with Gasteiger partial charge in [0.1, 0.15) is 6.61 Å². The second kappa shape index (κ2) is 7.62. The van der Waals surface area contributed by atoms with E-state index in [4.69, 9.17) is 9.62 Å². The first-order valence-corrected chi connectivity index (χ1v) is 7.41. The Morgan fingerprint density at radius 1 is 1.33 bits per heavy atom. The van der Waals surface area contributed by atoms with Gasteiger partial charge in [-0.2, -0.15) is 9.99 Å². The van der Waals surface area contributed by atoms with Crippen LogP contribution < -0.4 is 4.90 Å². The number of ether oxygens (including phenoxy) is 1. The van der Waals surface area contributed by atoms with Crippen LogP contribution in [0.25, 0.3) is 11.1 Å². The van der Waals surface area contributed by atoms with E-state index < -0.39 is 6.09 Å². The summed E-state index contributed by atoms with van der Waals surface area (Å²) in [5.74, 6) is 0.447. The Bertz CT molecular complexity index is 697. The summed E-state index contributed by atoms with van der Waals surface area (Å²) in [6.07, 6.45) is 4.61. The van der Waals surface area contributed by atoms with Crippen molar-refractivity contribution in [3.63, 3.8) is 0 Å². The summed E-state index contributed by atoms with van der Waals surface area (Å²) in [6.45, 7) is 0.262. The summed E-state index contributed by atoms with van der Waals surface area (Å²) in [5.41, 5.74) is 2.54. The van der Waals surface area contributed by atoms with E-state index in [-0.39, 0.29) is 19.8 Å². The van der Waals surface area contributed by atoms with Crippen LogP contribution in [0.4, 0.5) is 10.5 Å². The summed E-state index contributed by atoms with van der Waals surface area (Å²) in [5, 5.41) is 15.9. The van der Waals surface area contributed by atoms with Crippen molar-refractivity contribution < 1.29 is 24.4 Å². The quantitative estimate of drug-likeness (QED) is 0.784. The molecule has 0 saturated heterocycles. The zero-order chi connectivity index (χ0) is 16.8. The van der Waals surface area contributed by atoms with E-state index in [0.717, 1.165) is 11.1 Å². The maximum absolute atomic E-state index is 12.3. The van der Waals surface area contributed by atoms with Gasteiger partial charge in [-0.15, -0.1) is 0 Å². The van der Waals surface area contributed by atoms with Crippen LogP contribution in [0.5, 0.6) is 0 Å². The van der Waals surface area contributed by atoms with Crippen LogP contribution in [0, 0.1) is 0 Å². The van der Waals surface area contributed by atoms with Crippen LogP contribution in [-0.4, -0.2) is 47.8 Å². The largest absolute Gasteiger partial charge is 0.441 e. The molecule has 8 nitrogen and oxygen atoms in total. The fraction of sp³-hybridized carbons (Fsp3) is 0.250. The maximum atomic E-state index is 12.3. The fourth-order valence-electron chi connectivity index (χ4n) is 2.23. The van der Waals surface area contributed by atoms with Gasteiger partial charge in [-0.25, -0.2) is 4.79 Å². The van der Waals surface area contributed by atoms with E-state index in [1.807, 2.05) is 12.1 Å². The van der Waals surface area contributed by atoms with Gasteiger partial charge < -0.3 is 14.7 Å². The van der Waals surface area contributed by atoms with Crippen LogP contribution in [0.1, 0.15) is 0 Å². The first-order chi connectivity index (χ1) is 11.8. The third-order valence-electron chi connectivity index (χ3n) is 3.44. The predicted octanol–water partition coefficient (Wildman–Crippen LogP) is 1.86. The monoisotopic (exact) mass is 331 g/mol. The minimum Gasteiger partial charge on any atom is -0.441 e. The molecule has 1 aromatic carbocycles. The molecule has 1 aliphatic rings. The summed E-state index contributed by atoms with van der Waals surface area (Å²) < 4.78 is 5.19. The lowest BCUT2D eigenvalue weighted by Crippen LogP contribution is -2.34. The molecule has 126 valence electrons. The number of hydrogen-bond donors (Lipinski definition) is 2. The second-order valence-corrected chi connectivity index (χ2v) is 5.00. The number of carbonyl (C=O) groups excluding carboxylic acids is 1. The van der Waals surface area contributed by atoms with E-state index >= 15 is 0 Å². The number of aromatic amines is 1. The molecular formula is C16H17N3O5. The molecule has 8 heteroatoms. The van der Waals surface area contributed by atoms with Crippen molar-refractivity contribution in [3.05, 3.63) is 48.5 Å². The highest BCUT2D eigenvalue weighted by molar-refractivity contribution is 5.88. The minimum atomic E-state index is -0.573. The highest BCUT2D eigenvalue weighted by atomic mass is 17.2. The number of hydrogen-bond acceptors (Lipinski definition) is 6. The number of amides is 1. The van der Waals surface area contributed by atoms with Gasteiger partial charge in [0.15, 0.2) is 12.4 Å². The molecule has 1 aliphatic heterocycles. The van der Waals surface area contributed by atoms with E-state index in [0.29, 0.717) is 18.1 Å². The van der Waals surface area contributed by atoms with Crippen molar-refractivity contribution in [2.24, 2.45) is 0 Å². The highest BCUT2D eigenvalue weighted by Gasteiger charge is 2.19. The van der Waals surface area contributed by atoms with Gasteiger partial charge in [-0.1, -0.05) is 12.1 Å². The summed E-state index contributed by atoms with van der Waals surface area (Å²) in [4.78, 5) is 23.1. The number of carbonyl (C=O) groups is 1. The van der Waals surface area contributed by atoms with Crippen molar-refractivity contribution in [2.75, 3.05) is 31.3 Å². The van der Waals surface area contributed by atoms with Gasteiger partial charge in [0.2, 0.25) is 0 Å². The number of rotatable bonds is 6. The third kappa shape index (κ3) is 3.73. The van der Waals surface area contributed by atoms with Gasteiger partial charge in [0, 0.05) is 17.4 Å². The van der Waals surface area contributed by atoms with Crippen molar-refractivity contribution in [3.8, 4) is 11.1 Å². The number of H-pyrrole nitrogens is 1. The SMILES string of the molecule is O=C(OCC1=CCOO1)N(CCO)c1ccc(-c2cn[nH]c2)cc1. The van der Waals surface area contributed by atoms with Crippen LogP contribution in [-0.2, 0) is 14.5 Å². The molecule has 0 spiro atoms. The summed E-state index contributed by atoms with van der Waals surface area (Å²) >= 11 is 0. The number of nitrogens with one attached hydrogen (secondary N) is 1. The molecule has 0 saturated carbocycles. The summed E-state index contributed by atoms with van der Waals surface area (Å²) in [7, 11) is 0. The smallest absolute Gasteiger partial charge is 0.414 e. The molecule has 0 atom stereocenters. The molecule has 1 aromatic heterocycles. The van der Waals surface area contributed by atoms with Crippen molar-refractivity contribution in [2.45, 2.75) is 0 Å². The molecule has 1 amide bonds. The Morgan fingerprint density at radius 2 is 2.17 bits per heavy atom. The lowest BCUT2D eigenvalue weighted by Gasteiger charge is -2.21. The average molecular weight is 331 g/mol. The zero-order valence-electron chi connectivity index (χ0n) is 12.8. The molecule has 2 aromatic rings. The third-order valence-corrected chi connectivity index (χ3v) is 3.44. The van der Waals surface area contributed by atoms with Crippen molar-refractivity contribution >= 4 is 11.8 Å². The second-order valence-electron chi connectivity index (χ2n) is 5.00. The normalized spacial score (nSPS) is 13.3. The molecule has 0 radical (unpaired) electrons. The van der Waals surface area contributed by atoms with E-state index in [1.165, 1.54) is 4.90 Å². The molecule has 24 heavy (non-hydrogen) atoms. The van der Waals surface area contributed by atoms with Crippen LogP contribution >= 0.6 is 0 Å². The molecular weight excluding hydrogens is 314 g/mol. The van der Waals surface area contributed by atoms with Crippen molar-refractivity contribution in [1.82, 2.24) is 10.2 Å². The van der Waals surface area contributed by atoms with Gasteiger partial charge >= 0.3 is 6.09 Å². The van der Waals surface area contributed by atoms with Gasteiger partial charge in [-0.05, 0) is 23.8 Å². The Kier molecular flexibility index (Phi) is 5.09. The van der Waals surface area contributed by atoms with Crippen LogP contribution in [0.3, 0.4) is 0 Å². The lowest BCUT2D eigenvalue weighted by atomic mass is 10.1. The van der Waals surface area contributed by atoms with Crippen LogP contribution in [0.2, 0.25) is 0 Å². The number of aromatic nitrogens is 2. The molecule has 0 aliphatic carbocycles. The molecule has 0 unspecified atom stereocenters. The Balaban J connectivity index is 1.68. The topological polar surface area (TPSA) is 96.9 Å². The Labute approximate surface area is 138 Å². The van der Waals surface area contributed by atoms with Gasteiger partial charge in [-0.3, -0.25) is 10.00 Å². The average Bonchev–Trinajstić information content (AvgIpc) is 3.31. The predicted molar refractivity (Wildman–Crippen MR) is 84.9 cm³/mol. The fourth-order valence-corrected chi connectivity index (χ4v) is 2.23. The first kappa shape index (κ1) is 16.0. The first-order valence-electron chi connectivity index (χ1n) is 7.41. The van der Waals surface area contributed by atoms with E-state index in [2.05, 4.69) is 15.1 Å². The number of benzene rings is 1. The Hall–Kier alpha value is -2.84. The summed E-state index contributed by atoms with van der Waals surface area (Å²) in [6, 6.07) is 7.31. The van der Waals surface area contributed by atoms with E-state index in [1.54, 1.807) is 30.6 Å². The highest BCUT2D eigenvalue weighted by Crippen LogP contribution is 2.23. The number of anilines is 1. The Morgan fingerprint density at radius 3 is 2.79 bits per heavy atom. The number of nitrogens with zero attached hydrogens (tertiary/aromatic N) is 2. The minimum absolute atomic E-state index is 0.0200. The van der Waals surface area contributed by atoms with Crippen molar-refractivity contribution in [1.29, 1.82) is 0 Å². The number of aliphatic hydroxyl groups excluding tert-OH is 1. The molecule has 3 rings (SSSR count). The van der Waals surface area contributed by atoms with Gasteiger partial charge in [0.25, 0.3) is 0 Å². The molecule has 2 N–H and O–H groups in total. The molecule has 0 bridgehead atoms. The molecule has 0 fully saturated rings. The lowest BCUT2D eigenvalue weighted by molar-refractivity contribution is -0.237. The standard InChI is InChI=1S/C16H17N3O5/c20-7-6-19(16(21)22-11-15-5-8-23-24-15)14-3-1-12(2-4-14)13-9-17-18-10-13/h1-5,9-10,20H,6-8,11H2,(H,17,18). The van der Waals surface area contributed by atoms with Crippen LogP contribution in [0.15, 0.2) is 48.5 Å². The maximum Gasteiger partial charge on any atom is 0.414 e.